The van der Waals surface area contributed by atoms with Gasteiger partial charge in [0.25, 0.3) is 0 Å². The molecule has 0 spiro atoms. The van der Waals surface area contributed by atoms with Crippen LogP contribution in [-0.2, 0) is 4.79 Å². The van der Waals surface area contributed by atoms with E-state index in [1.807, 2.05) is 38.2 Å². The molecule has 0 aromatic carbocycles. The van der Waals surface area contributed by atoms with Crippen LogP contribution >= 0.6 is 0 Å². The van der Waals surface area contributed by atoms with Gasteiger partial charge in [0.15, 0.2) is 0 Å². The van der Waals surface area contributed by atoms with E-state index in [0.717, 1.165) is 19.3 Å². The van der Waals surface area contributed by atoms with Gasteiger partial charge < -0.3 is 10.4 Å². The lowest BCUT2D eigenvalue weighted by molar-refractivity contribution is -0.117. The van der Waals surface area contributed by atoms with E-state index in [2.05, 4.69) is 36.5 Å². The highest BCUT2D eigenvalue weighted by atomic mass is 16.3. The quantitative estimate of drug-likeness (QED) is 0.280. The molecule has 140 valence electrons. The molecule has 0 saturated carbocycles. The second-order valence-electron chi connectivity index (χ2n) is 6.04. The second-order valence-corrected chi connectivity index (χ2v) is 6.04. The summed E-state index contributed by atoms with van der Waals surface area (Å²) in [6.45, 7) is 6.30. The van der Waals surface area contributed by atoms with Gasteiger partial charge in [-0.1, -0.05) is 81.9 Å². The number of carbonyl (C=O) groups is 1. The van der Waals surface area contributed by atoms with Crippen molar-refractivity contribution in [1.82, 2.24) is 5.32 Å². The van der Waals surface area contributed by atoms with Gasteiger partial charge in [0.2, 0.25) is 5.91 Å². The third-order valence-electron chi connectivity index (χ3n) is 3.96. The molecule has 0 aliphatic rings. The maximum absolute atomic E-state index is 11.7. The van der Waals surface area contributed by atoms with Crippen molar-refractivity contribution in [3.63, 3.8) is 0 Å². The molecule has 25 heavy (non-hydrogen) atoms. The van der Waals surface area contributed by atoms with E-state index in [9.17, 15) is 9.90 Å². The predicted octanol–water partition coefficient (Wildman–Crippen LogP) is 5.02. The molecular weight excluding hydrogens is 310 g/mol. The van der Waals surface area contributed by atoms with Crippen molar-refractivity contribution in [2.24, 2.45) is 0 Å². The molecule has 0 aromatic rings. The van der Waals surface area contributed by atoms with Gasteiger partial charge in [0.1, 0.15) is 0 Å². The summed E-state index contributed by atoms with van der Waals surface area (Å²) in [5.74, 6) is -0.175. The highest BCUT2D eigenvalue weighted by Gasteiger charge is 2.21. The Bertz CT molecular complexity index is 480. The third kappa shape index (κ3) is 14.2. The molecule has 0 unspecified atom stereocenters. The van der Waals surface area contributed by atoms with Crippen LogP contribution in [-0.4, -0.2) is 23.2 Å². The molecule has 0 aromatic heterocycles. The highest BCUT2D eigenvalue weighted by Crippen LogP contribution is 2.12. The van der Waals surface area contributed by atoms with Crippen molar-refractivity contribution in [2.45, 2.75) is 64.9 Å². The maximum Gasteiger partial charge on any atom is 0.244 e. The first kappa shape index (κ1) is 23.1. The van der Waals surface area contributed by atoms with Gasteiger partial charge in [-0.3, -0.25) is 4.79 Å². The van der Waals surface area contributed by atoms with Crippen molar-refractivity contribution in [3.05, 3.63) is 60.8 Å². The Morgan fingerprint density at radius 1 is 0.840 bits per heavy atom. The van der Waals surface area contributed by atoms with E-state index < -0.39 is 5.60 Å². The maximum atomic E-state index is 11.7. The molecule has 0 aliphatic heterocycles. The monoisotopic (exact) mass is 345 g/mol. The molecule has 3 nitrogen and oxygen atoms in total. The predicted molar refractivity (Wildman–Crippen MR) is 108 cm³/mol. The number of aliphatic hydroxyl groups is 1. The average Bonchev–Trinajstić information content (AvgIpc) is 2.63. The summed E-state index contributed by atoms with van der Waals surface area (Å²) in [5.41, 5.74) is -0.800. The largest absolute Gasteiger partial charge is 0.388 e. The van der Waals surface area contributed by atoms with Crippen LogP contribution < -0.4 is 5.32 Å². The Balaban J connectivity index is 3.86. The highest BCUT2D eigenvalue weighted by molar-refractivity contribution is 5.87. The van der Waals surface area contributed by atoms with Crippen LogP contribution in [0.3, 0.4) is 0 Å². The standard InChI is InChI=1S/C22H35NO2/c1-4-7-8-9-10-11-12-13-14-15-16-17-18-19-21(24)23-20-22(25,5-2)6-3/h8-13,16-19,25H,4-7,14-15,20H2,1-3H3,(H,23,24). The summed E-state index contributed by atoms with van der Waals surface area (Å²) in [6, 6.07) is 0. The molecule has 2 N–H and O–H groups in total. The van der Waals surface area contributed by atoms with Gasteiger partial charge in [0, 0.05) is 12.6 Å². The molecule has 0 saturated heterocycles. The normalized spacial score (nSPS) is 13.3. The van der Waals surface area contributed by atoms with Crippen LogP contribution in [0.4, 0.5) is 0 Å². The van der Waals surface area contributed by atoms with Crippen molar-refractivity contribution >= 4 is 5.91 Å². The fraction of sp³-hybridized carbons (Fsp3) is 0.500. The Kier molecular flexibility index (Phi) is 14.5. The van der Waals surface area contributed by atoms with E-state index in [0.29, 0.717) is 19.4 Å². The minimum atomic E-state index is -0.800. The number of carbonyl (C=O) groups excluding carboxylic acids is 1. The van der Waals surface area contributed by atoms with Gasteiger partial charge in [-0.2, -0.15) is 0 Å². The van der Waals surface area contributed by atoms with Crippen LogP contribution in [0, 0.1) is 0 Å². The number of hydrogen-bond donors (Lipinski definition) is 2. The van der Waals surface area contributed by atoms with Crippen LogP contribution in [0.2, 0.25) is 0 Å². The summed E-state index contributed by atoms with van der Waals surface area (Å²) < 4.78 is 0. The summed E-state index contributed by atoms with van der Waals surface area (Å²) >= 11 is 0. The van der Waals surface area contributed by atoms with E-state index in [1.165, 1.54) is 12.5 Å². The van der Waals surface area contributed by atoms with Crippen LogP contribution in [0.5, 0.6) is 0 Å². The lowest BCUT2D eigenvalue weighted by Crippen LogP contribution is -2.41. The van der Waals surface area contributed by atoms with Gasteiger partial charge >= 0.3 is 0 Å². The van der Waals surface area contributed by atoms with Gasteiger partial charge in [-0.25, -0.2) is 0 Å². The zero-order valence-electron chi connectivity index (χ0n) is 16.1. The molecule has 0 heterocycles. The molecule has 0 bridgehead atoms. The first-order valence-corrected chi connectivity index (χ1v) is 9.39. The Morgan fingerprint density at radius 2 is 1.36 bits per heavy atom. The third-order valence-corrected chi connectivity index (χ3v) is 3.96. The molecule has 0 aliphatic carbocycles. The van der Waals surface area contributed by atoms with E-state index in [4.69, 9.17) is 0 Å². The SMILES string of the molecule is CCCC=CC=CC=CCCC=CC=CC(=O)NCC(O)(CC)CC. The minimum Gasteiger partial charge on any atom is -0.388 e. The number of hydrogen-bond acceptors (Lipinski definition) is 2. The molecule has 3 heteroatoms. The zero-order chi connectivity index (χ0) is 18.8. The van der Waals surface area contributed by atoms with Crippen molar-refractivity contribution < 1.29 is 9.90 Å². The Morgan fingerprint density at radius 3 is 1.88 bits per heavy atom. The lowest BCUT2D eigenvalue weighted by atomic mass is 9.98. The number of allylic oxidation sites excluding steroid dienone is 9. The molecule has 0 atom stereocenters. The van der Waals surface area contributed by atoms with Gasteiger partial charge in [-0.05, 0) is 32.1 Å². The average molecular weight is 346 g/mol. The zero-order valence-corrected chi connectivity index (χ0v) is 16.1. The fourth-order valence-corrected chi connectivity index (χ4v) is 1.97. The van der Waals surface area contributed by atoms with Crippen molar-refractivity contribution in [2.75, 3.05) is 6.54 Å². The van der Waals surface area contributed by atoms with Crippen LogP contribution in [0.1, 0.15) is 59.3 Å². The Hall–Kier alpha value is -1.87. The number of nitrogens with one attached hydrogen (secondary N) is 1. The smallest absolute Gasteiger partial charge is 0.244 e. The minimum absolute atomic E-state index is 0.175. The molecule has 1 amide bonds. The summed E-state index contributed by atoms with van der Waals surface area (Å²) in [4.78, 5) is 11.7. The van der Waals surface area contributed by atoms with E-state index in [1.54, 1.807) is 6.08 Å². The first-order chi connectivity index (χ1) is 12.1. The number of unbranched alkanes of at least 4 members (excludes halogenated alkanes) is 2. The van der Waals surface area contributed by atoms with E-state index >= 15 is 0 Å². The summed E-state index contributed by atoms with van der Waals surface area (Å²) in [6.07, 6.45) is 25.1. The van der Waals surface area contributed by atoms with Gasteiger partial charge in [0.05, 0.1) is 5.60 Å². The Labute approximate surface area is 153 Å². The van der Waals surface area contributed by atoms with E-state index in [-0.39, 0.29) is 5.91 Å². The number of amides is 1. The van der Waals surface area contributed by atoms with Crippen LogP contribution in [0.15, 0.2) is 60.8 Å². The molecule has 0 radical (unpaired) electrons. The first-order valence-electron chi connectivity index (χ1n) is 9.39. The molecular formula is C22H35NO2. The second kappa shape index (κ2) is 15.6. The van der Waals surface area contributed by atoms with Gasteiger partial charge in [-0.15, -0.1) is 0 Å². The molecule has 0 fully saturated rings. The summed E-state index contributed by atoms with van der Waals surface area (Å²) in [5, 5.41) is 12.8. The van der Waals surface area contributed by atoms with Crippen molar-refractivity contribution in [1.29, 1.82) is 0 Å². The lowest BCUT2D eigenvalue weighted by Gasteiger charge is -2.24. The fourth-order valence-electron chi connectivity index (χ4n) is 1.97. The topological polar surface area (TPSA) is 49.3 Å². The summed E-state index contributed by atoms with van der Waals surface area (Å²) in [7, 11) is 0. The van der Waals surface area contributed by atoms with Crippen molar-refractivity contribution in [3.8, 4) is 0 Å². The number of rotatable bonds is 13. The molecule has 0 rings (SSSR count). The van der Waals surface area contributed by atoms with Crippen LogP contribution in [0.25, 0.3) is 0 Å².